The number of sulfonamides is 1. The molecule has 1 aromatic rings. The second-order valence-electron chi connectivity index (χ2n) is 7.06. The number of carbonyl (C=O) groups is 1. The van der Waals surface area contributed by atoms with Gasteiger partial charge in [-0.05, 0) is 37.5 Å². The first-order valence-corrected chi connectivity index (χ1v) is 10.4. The van der Waals surface area contributed by atoms with Crippen molar-refractivity contribution >= 4 is 15.9 Å². The molecule has 0 spiro atoms. The molecule has 1 aliphatic carbocycles. The van der Waals surface area contributed by atoms with Gasteiger partial charge in [0, 0.05) is 25.7 Å². The monoisotopic (exact) mass is 383 g/mol. The van der Waals surface area contributed by atoms with Gasteiger partial charge >= 0.3 is 0 Å². The Kier molecular flexibility index (Phi) is 7.16. The molecule has 2 rings (SSSR count). The van der Waals surface area contributed by atoms with E-state index in [-0.39, 0.29) is 23.3 Å². The average Bonchev–Trinajstić information content (AvgIpc) is 2.60. The highest BCUT2D eigenvalue weighted by molar-refractivity contribution is 7.89. The smallest absolute Gasteiger partial charge is 0.240 e. The number of nitrogens with two attached hydrogens (primary N) is 1. The van der Waals surface area contributed by atoms with Crippen molar-refractivity contribution in [2.45, 2.75) is 49.6 Å². The molecule has 0 bridgehead atoms. The van der Waals surface area contributed by atoms with E-state index >= 15 is 0 Å². The third-order valence-corrected chi connectivity index (χ3v) is 6.35. The standard InChI is InChI=1S/C18H29N3O4S/c1-18(19)10-4-3-5-16(18)17(22)20-13-14-6-8-15(9-7-14)26(23,24)21-11-12-25-2/h6-9,16,21H,3-5,10-13,19H2,1-2H3,(H,20,22). The van der Waals surface area contributed by atoms with E-state index in [1.165, 1.54) is 19.2 Å². The molecule has 7 nitrogen and oxygen atoms in total. The third-order valence-electron chi connectivity index (χ3n) is 4.87. The van der Waals surface area contributed by atoms with Crippen LogP contribution in [0, 0.1) is 5.92 Å². The fourth-order valence-electron chi connectivity index (χ4n) is 3.25. The van der Waals surface area contributed by atoms with Crippen molar-refractivity contribution in [3.8, 4) is 0 Å². The summed E-state index contributed by atoms with van der Waals surface area (Å²) in [5, 5.41) is 2.92. The van der Waals surface area contributed by atoms with Crippen LogP contribution in [0.2, 0.25) is 0 Å². The molecule has 0 aliphatic heterocycles. The number of carbonyl (C=O) groups excluding carboxylic acids is 1. The first-order valence-electron chi connectivity index (χ1n) is 8.90. The summed E-state index contributed by atoms with van der Waals surface area (Å²) in [4.78, 5) is 12.6. The maximum atomic E-state index is 12.5. The lowest BCUT2D eigenvalue weighted by Gasteiger charge is -2.37. The molecule has 0 saturated heterocycles. The highest BCUT2D eigenvalue weighted by Crippen LogP contribution is 2.31. The Morgan fingerprint density at radius 3 is 2.62 bits per heavy atom. The normalized spacial score (nSPS) is 23.6. The topological polar surface area (TPSA) is 111 Å². The highest BCUT2D eigenvalue weighted by Gasteiger charge is 2.37. The molecule has 2 unspecified atom stereocenters. The van der Waals surface area contributed by atoms with Gasteiger partial charge in [-0.25, -0.2) is 13.1 Å². The van der Waals surface area contributed by atoms with Crippen LogP contribution in [0.15, 0.2) is 29.2 Å². The van der Waals surface area contributed by atoms with Gasteiger partial charge in [-0.3, -0.25) is 4.79 Å². The Morgan fingerprint density at radius 2 is 2.00 bits per heavy atom. The highest BCUT2D eigenvalue weighted by atomic mass is 32.2. The van der Waals surface area contributed by atoms with Gasteiger partial charge in [0.05, 0.1) is 17.4 Å². The van der Waals surface area contributed by atoms with Crippen molar-refractivity contribution in [3.05, 3.63) is 29.8 Å². The van der Waals surface area contributed by atoms with Gasteiger partial charge in [-0.1, -0.05) is 25.0 Å². The largest absolute Gasteiger partial charge is 0.383 e. The number of ether oxygens (including phenoxy) is 1. The van der Waals surface area contributed by atoms with E-state index < -0.39 is 15.6 Å². The maximum absolute atomic E-state index is 12.5. The van der Waals surface area contributed by atoms with Gasteiger partial charge < -0.3 is 15.8 Å². The number of amides is 1. The molecule has 1 fully saturated rings. The number of rotatable bonds is 8. The lowest BCUT2D eigenvalue weighted by atomic mass is 9.74. The molecular formula is C18H29N3O4S. The minimum Gasteiger partial charge on any atom is -0.383 e. The predicted octanol–water partition coefficient (Wildman–Crippen LogP) is 1.14. The van der Waals surface area contributed by atoms with Gasteiger partial charge in [0.25, 0.3) is 0 Å². The predicted molar refractivity (Wildman–Crippen MR) is 99.9 cm³/mol. The van der Waals surface area contributed by atoms with E-state index in [0.29, 0.717) is 13.2 Å². The van der Waals surface area contributed by atoms with E-state index in [0.717, 1.165) is 31.2 Å². The van der Waals surface area contributed by atoms with Crippen LogP contribution in [0.3, 0.4) is 0 Å². The number of methoxy groups -OCH3 is 1. The maximum Gasteiger partial charge on any atom is 0.240 e. The molecule has 4 N–H and O–H groups in total. The summed E-state index contributed by atoms with van der Waals surface area (Å²) < 4.78 is 31.5. The molecule has 1 amide bonds. The van der Waals surface area contributed by atoms with Crippen LogP contribution in [-0.4, -0.2) is 40.1 Å². The van der Waals surface area contributed by atoms with E-state index in [1.807, 2.05) is 6.92 Å². The minimum atomic E-state index is -3.55. The van der Waals surface area contributed by atoms with E-state index in [1.54, 1.807) is 12.1 Å². The summed E-state index contributed by atoms with van der Waals surface area (Å²) >= 11 is 0. The summed E-state index contributed by atoms with van der Waals surface area (Å²) in [5.41, 5.74) is 6.64. The molecule has 1 aromatic carbocycles. The second-order valence-corrected chi connectivity index (χ2v) is 8.82. The lowest BCUT2D eigenvalue weighted by molar-refractivity contribution is -0.128. The fourth-order valence-corrected chi connectivity index (χ4v) is 4.26. The first-order chi connectivity index (χ1) is 12.3. The van der Waals surface area contributed by atoms with Crippen LogP contribution in [-0.2, 0) is 26.1 Å². The molecule has 8 heteroatoms. The Morgan fingerprint density at radius 1 is 1.31 bits per heavy atom. The van der Waals surface area contributed by atoms with E-state index in [9.17, 15) is 13.2 Å². The zero-order valence-electron chi connectivity index (χ0n) is 15.5. The van der Waals surface area contributed by atoms with Crippen molar-refractivity contribution in [2.24, 2.45) is 11.7 Å². The van der Waals surface area contributed by atoms with Crippen LogP contribution in [0.25, 0.3) is 0 Å². The van der Waals surface area contributed by atoms with Crippen molar-refractivity contribution in [3.63, 3.8) is 0 Å². The van der Waals surface area contributed by atoms with Gasteiger partial charge in [0.15, 0.2) is 0 Å². The third kappa shape index (κ3) is 5.51. The summed E-state index contributed by atoms with van der Waals surface area (Å²) in [6.45, 7) is 2.82. The molecule has 1 saturated carbocycles. The summed E-state index contributed by atoms with van der Waals surface area (Å²) in [6, 6.07) is 6.47. The van der Waals surface area contributed by atoms with Crippen LogP contribution in [0.5, 0.6) is 0 Å². The Hall–Kier alpha value is -1.48. The molecule has 0 aromatic heterocycles. The molecule has 146 valence electrons. The van der Waals surface area contributed by atoms with Crippen molar-refractivity contribution in [2.75, 3.05) is 20.3 Å². The number of benzene rings is 1. The van der Waals surface area contributed by atoms with E-state index in [2.05, 4.69) is 10.0 Å². The van der Waals surface area contributed by atoms with Crippen molar-refractivity contribution in [1.29, 1.82) is 0 Å². The van der Waals surface area contributed by atoms with Crippen LogP contribution >= 0.6 is 0 Å². The zero-order chi connectivity index (χ0) is 19.2. The Labute approximate surface area is 155 Å². The summed E-state index contributed by atoms with van der Waals surface area (Å²) in [6.07, 6.45) is 3.75. The number of nitrogens with one attached hydrogen (secondary N) is 2. The average molecular weight is 384 g/mol. The van der Waals surface area contributed by atoms with Crippen LogP contribution < -0.4 is 15.8 Å². The van der Waals surface area contributed by atoms with Gasteiger partial charge in [-0.2, -0.15) is 0 Å². The molecule has 0 heterocycles. The molecule has 1 aliphatic rings. The van der Waals surface area contributed by atoms with Crippen molar-refractivity contribution in [1.82, 2.24) is 10.0 Å². The lowest BCUT2D eigenvalue weighted by Crippen LogP contribution is -2.52. The minimum absolute atomic E-state index is 0.0346. The molecular weight excluding hydrogens is 354 g/mol. The zero-order valence-corrected chi connectivity index (χ0v) is 16.3. The Balaban J connectivity index is 1.92. The molecule has 0 radical (unpaired) electrons. The van der Waals surface area contributed by atoms with E-state index in [4.69, 9.17) is 10.5 Å². The van der Waals surface area contributed by atoms with Crippen LogP contribution in [0.4, 0.5) is 0 Å². The quantitative estimate of drug-likeness (QED) is 0.583. The number of hydrogen-bond acceptors (Lipinski definition) is 5. The second kappa shape index (κ2) is 8.94. The molecule has 2 atom stereocenters. The fraction of sp³-hybridized carbons (Fsp3) is 0.611. The van der Waals surface area contributed by atoms with Gasteiger partial charge in [-0.15, -0.1) is 0 Å². The summed E-state index contributed by atoms with van der Waals surface area (Å²) in [7, 11) is -2.04. The SMILES string of the molecule is COCCNS(=O)(=O)c1ccc(CNC(=O)C2CCCCC2(C)N)cc1. The van der Waals surface area contributed by atoms with Crippen LogP contribution in [0.1, 0.15) is 38.2 Å². The molecule has 26 heavy (non-hydrogen) atoms. The summed E-state index contributed by atoms with van der Waals surface area (Å²) in [5.74, 6) is -0.214. The van der Waals surface area contributed by atoms with Gasteiger partial charge in [0.2, 0.25) is 15.9 Å². The van der Waals surface area contributed by atoms with Crippen molar-refractivity contribution < 1.29 is 17.9 Å². The Bertz CT molecular complexity index is 702. The number of hydrogen-bond donors (Lipinski definition) is 3. The van der Waals surface area contributed by atoms with Gasteiger partial charge in [0.1, 0.15) is 0 Å². The first kappa shape index (κ1) is 20.8.